The van der Waals surface area contributed by atoms with E-state index >= 15 is 0 Å². The summed E-state index contributed by atoms with van der Waals surface area (Å²) < 4.78 is 1.14. The van der Waals surface area contributed by atoms with Gasteiger partial charge in [-0.05, 0) is 67.4 Å². The maximum absolute atomic E-state index is 12.0. The van der Waals surface area contributed by atoms with Crippen LogP contribution in [0.25, 0.3) is 6.08 Å². The average molecular weight is 406 g/mol. The van der Waals surface area contributed by atoms with Crippen molar-refractivity contribution in [2.75, 3.05) is 14.1 Å². The molecule has 1 N–H and O–H groups in total. The number of aliphatic imine (C=N–C) groups is 1. The van der Waals surface area contributed by atoms with Gasteiger partial charge in [-0.25, -0.2) is 0 Å². The van der Waals surface area contributed by atoms with Crippen molar-refractivity contribution in [3.8, 4) is 5.75 Å². The van der Waals surface area contributed by atoms with Crippen LogP contribution in [-0.4, -0.2) is 35.2 Å². The zero-order chi connectivity index (χ0) is 14.2. The van der Waals surface area contributed by atoms with Gasteiger partial charge in [0.05, 0.1) is 13.9 Å². The molecule has 1 saturated heterocycles. The Morgan fingerprint density at radius 2 is 1.95 bits per heavy atom. The van der Waals surface area contributed by atoms with Gasteiger partial charge in [-0.1, -0.05) is 0 Å². The van der Waals surface area contributed by atoms with E-state index in [1.165, 1.54) is 16.7 Å². The predicted octanol–water partition coefficient (Wildman–Crippen LogP) is 3.45. The number of phenolic OH excluding ortho intramolecular Hbond substituents is 1. The minimum Gasteiger partial charge on any atom is -0.506 e. The highest BCUT2D eigenvalue weighted by Crippen LogP contribution is 2.36. The number of thioether (sulfide) groups is 1. The molecular formula is C12H10Br2N2O2S. The van der Waals surface area contributed by atoms with Gasteiger partial charge in [0.25, 0.3) is 5.91 Å². The number of carbonyl (C=O) groups is 1. The van der Waals surface area contributed by atoms with Crippen molar-refractivity contribution in [3.63, 3.8) is 0 Å². The monoisotopic (exact) mass is 404 g/mol. The first-order valence-corrected chi connectivity index (χ1v) is 7.66. The van der Waals surface area contributed by atoms with Crippen molar-refractivity contribution in [2.45, 2.75) is 0 Å². The van der Waals surface area contributed by atoms with E-state index in [-0.39, 0.29) is 11.7 Å². The zero-order valence-corrected chi connectivity index (χ0v) is 14.1. The largest absolute Gasteiger partial charge is 0.506 e. The molecule has 1 amide bonds. The number of hydrogen-bond acceptors (Lipinski definition) is 4. The van der Waals surface area contributed by atoms with Crippen LogP contribution in [0.2, 0.25) is 0 Å². The standard InChI is InChI=1S/C12H10Br2N2O2S/c1-15-12-16(2)11(18)9(19-12)5-6-3-7(13)10(17)8(14)4-6/h3-5,17H,1-2H3/b9-5+,15-12?. The van der Waals surface area contributed by atoms with Crippen LogP contribution in [0.3, 0.4) is 0 Å². The number of hydrogen-bond donors (Lipinski definition) is 1. The van der Waals surface area contributed by atoms with Crippen molar-refractivity contribution < 1.29 is 9.90 Å². The molecule has 0 saturated carbocycles. The van der Waals surface area contributed by atoms with Gasteiger partial charge >= 0.3 is 0 Å². The molecule has 1 aromatic carbocycles. The highest BCUT2D eigenvalue weighted by Gasteiger charge is 2.29. The summed E-state index contributed by atoms with van der Waals surface area (Å²) in [5, 5.41) is 10.3. The van der Waals surface area contributed by atoms with Crippen molar-refractivity contribution in [1.82, 2.24) is 4.90 Å². The molecular weight excluding hydrogens is 396 g/mol. The third-order valence-corrected chi connectivity index (χ3v) is 4.89. The fourth-order valence-electron chi connectivity index (χ4n) is 1.57. The number of nitrogens with zero attached hydrogens (tertiary/aromatic N) is 2. The number of aromatic hydroxyl groups is 1. The fourth-order valence-corrected chi connectivity index (χ4v) is 3.72. The summed E-state index contributed by atoms with van der Waals surface area (Å²) in [4.78, 5) is 18.2. The maximum atomic E-state index is 12.0. The topological polar surface area (TPSA) is 52.9 Å². The normalized spacial score (nSPS) is 19.8. The lowest BCUT2D eigenvalue weighted by atomic mass is 10.2. The van der Waals surface area contributed by atoms with E-state index in [2.05, 4.69) is 36.9 Å². The Balaban J connectivity index is 2.40. The number of likely N-dealkylation sites (N-methyl/N-ethyl adjacent to an activating group) is 1. The molecule has 7 heteroatoms. The van der Waals surface area contributed by atoms with Gasteiger partial charge in [0.15, 0.2) is 5.17 Å². The van der Waals surface area contributed by atoms with Gasteiger partial charge in [-0.2, -0.15) is 0 Å². The molecule has 1 heterocycles. The second kappa shape index (κ2) is 5.68. The van der Waals surface area contributed by atoms with Gasteiger partial charge in [0.1, 0.15) is 5.75 Å². The molecule has 100 valence electrons. The number of benzene rings is 1. The Labute approximate surface area is 131 Å². The third kappa shape index (κ3) is 2.88. The molecule has 1 aromatic rings. The van der Waals surface area contributed by atoms with Crippen LogP contribution in [-0.2, 0) is 4.79 Å². The second-order valence-corrected chi connectivity index (χ2v) is 6.53. The van der Waals surface area contributed by atoms with Crippen molar-refractivity contribution in [1.29, 1.82) is 0 Å². The molecule has 0 radical (unpaired) electrons. The van der Waals surface area contributed by atoms with E-state index in [4.69, 9.17) is 0 Å². The maximum Gasteiger partial charge on any atom is 0.266 e. The molecule has 0 unspecified atom stereocenters. The SMILES string of the molecule is CN=C1S/C(=C/c2cc(Br)c(O)c(Br)c2)C(=O)N1C. The number of carbonyl (C=O) groups excluding carboxylic acids is 1. The summed E-state index contributed by atoms with van der Waals surface area (Å²) in [7, 11) is 3.35. The van der Waals surface area contributed by atoms with Crippen LogP contribution in [0.15, 0.2) is 31.0 Å². The summed E-state index contributed by atoms with van der Waals surface area (Å²) in [6.07, 6.45) is 1.77. The first kappa shape index (κ1) is 14.6. The lowest BCUT2D eigenvalue weighted by molar-refractivity contribution is -0.121. The van der Waals surface area contributed by atoms with Crippen LogP contribution in [0.5, 0.6) is 5.75 Å². The number of amidine groups is 1. The minimum absolute atomic E-state index is 0.0779. The van der Waals surface area contributed by atoms with Crippen molar-refractivity contribution >= 4 is 60.8 Å². The highest BCUT2D eigenvalue weighted by atomic mass is 79.9. The van der Waals surface area contributed by atoms with Gasteiger partial charge in [0.2, 0.25) is 0 Å². The first-order chi connectivity index (χ1) is 8.93. The quantitative estimate of drug-likeness (QED) is 0.728. The van der Waals surface area contributed by atoms with Crippen molar-refractivity contribution in [2.24, 2.45) is 4.99 Å². The molecule has 0 spiro atoms. The lowest BCUT2D eigenvalue weighted by Crippen LogP contribution is -2.23. The molecule has 1 aliphatic rings. The molecule has 0 atom stereocenters. The molecule has 0 aliphatic carbocycles. The number of phenols is 1. The van der Waals surface area contributed by atoms with Crippen LogP contribution in [0, 0.1) is 0 Å². The summed E-state index contributed by atoms with van der Waals surface area (Å²) in [6.45, 7) is 0. The van der Waals surface area contributed by atoms with E-state index in [1.54, 1.807) is 32.3 Å². The van der Waals surface area contributed by atoms with Gasteiger partial charge in [0, 0.05) is 14.1 Å². The Bertz CT molecular complexity index is 591. The van der Waals surface area contributed by atoms with E-state index < -0.39 is 0 Å². The van der Waals surface area contributed by atoms with E-state index in [1.807, 2.05) is 0 Å². The average Bonchev–Trinajstić information content (AvgIpc) is 2.63. The van der Waals surface area contributed by atoms with E-state index in [0.29, 0.717) is 19.0 Å². The second-order valence-electron chi connectivity index (χ2n) is 3.81. The smallest absolute Gasteiger partial charge is 0.266 e. The number of rotatable bonds is 1. The van der Waals surface area contributed by atoms with Crippen LogP contribution in [0.1, 0.15) is 5.56 Å². The Hall–Kier alpha value is -0.790. The molecule has 1 fully saturated rings. The highest BCUT2D eigenvalue weighted by molar-refractivity contribution is 9.11. The summed E-state index contributed by atoms with van der Waals surface area (Å²) in [5.41, 5.74) is 0.818. The molecule has 19 heavy (non-hydrogen) atoms. The molecule has 0 aromatic heterocycles. The molecule has 0 bridgehead atoms. The van der Waals surface area contributed by atoms with Crippen LogP contribution < -0.4 is 0 Å². The van der Waals surface area contributed by atoms with Crippen LogP contribution >= 0.6 is 43.6 Å². The third-order valence-electron chi connectivity index (χ3n) is 2.53. The number of amides is 1. The Kier molecular flexibility index (Phi) is 4.37. The van der Waals surface area contributed by atoms with Gasteiger partial charge < -0.3 is 5.11 Å². The van der Waals surface area contributed by atoms with Crippen LogP contribution in [0.4, 0.5) is 0 Å². The summed E-state index contributed by atoms with van der Waals surface area (Å²) >= 11 is 7.86. The van der Waals surface area contributed by atoms with Gasteiger partial charge in [-0.3, -0.25) is 14.7 Å². The fraction of sp³-hybridized carbons (Fsp3) is 0.167. The van der Waals surface area contributed by atoms with Crippen molar-refractivity contribution in [3.05, 3.63) is 31.5 Å². The van der Waals surface area contributed by atoms with E-state index in [9.17, 15) is 9.90 Å². The summed E-state index contributed by atoms with van der Waals surface area (Å²) in [5.74, 6) is 0.0615. The molecule has 1 aliphatic heterocycles. The first-order valence-electron chi connectivity index (χ1n) is 5.26. The lowest BCUT2D eigenvalue weighted by Gasteiger charge is -2.05. The zero-order valence-electron chi connectivity index (χ0n) is 10.1. The number of halogens is 2. The summed E-state index contributed by atoms with van der Waals surface area (Å²) in [6, 6.07) is 3.50. The molecule has 2 rings (SSSR count). The predicted molar refractivity (Wildman–Crippen MR) is 85.2 cm³/mol. The van der Waals surface area contributed by atoms with E-state index in [0.717, 1.165) is 5.56 Å². The van der Waals surface area contributed by atoms with Gasteiger partial charge in [-0.15, -0.1) is 0 Å². The molecule has 4 nitrogen and oxygen atoms in total. The minimum atomic E-state index is -0.0779. The Morgan fingerprint density at radius 3 is 2.42 bits per heavy atom. The Morgan fingerprint density at radius 1 is 1.37 bits per heavy atom.